The minimum atomic E-state index is -0.722. The Balaban J connectivity index is 1.67. The van der Waals surface area contributed by atoms with Gasteiger partial charge in [-0.05, 0) is 18.2 Å². The fourth-order valence-electron chi connectivity index (χ4n) is 2.23. The average Bonchev–Trinajstić information content (AvgIpc) is 3.20. The summed E-state index contributed by atoms with van der Waals surface area (Å²) in [5.74, 6) is 0.275. The van der Waals surface area contributed by atoms with Crippen LogP contribution in [0, 0.1) is 0 Å². The quantitative estimate of drug-likeness (QED) is 0.762. The van der Waals surface area contributed by atoms with Gasteiger partial charge in [-0.3, -0.25) is 19.7 Å². The number of carbonyl (C=O) groups excluding carboxylic acids is 3. The number of nitrogens with zero attached hydrogens (tertiary/aromatic N) is 2. The van der Waals surface area contributed by atoms with Crippen molar-refractivity contribution in [3.63, 3.8) is 0 Å². The maximum Gasteiger partial charge on any atom is 0.286 e. The van der Waals surface area contributed by atoms with Crippen molar-refractivity contribution < 1.29 is 23.9 Å². The van der Waals surface area contributed by atoms with Crippen LogP contribution in [0.4, 0.5) is 9.93 Å². The topological polar surface area (TPSA) is 120 Å². The Morgan fingerprint density at radius 1 is 1.23 bits per heavy atom. The van der Waals surface area contributed by atoms with E-state index in [9.17, 15) is 14.4 Å². The van der Waals surface area contributed by atoms with E-state index in [1.807, 2.05) is 0 Å². The molecule has 9 nitrogen and oxygen atoms in total. The lowest BCUT2D eigenvalue weighted by atomic mass is 10.2. The van der Waals surface area contributed by atoms with Gasteiger partial charge in [0.2, 0.25) is 16.9 Å². The SMILES string of the molecule is COc1ccc(-c2nnc(NC(=O)CC3SC(=O)NC3=O)s2)cc1OC. The van der Waals surface area contributed by atoms with Crippen LogP contribution in [0.3, 0.4) is 0 Å². The molecular weight excluding hydrogens is 380 g/mol. The van der Waals surface area contributed by atoms with Gasteiger partial charge in [-0.2, -0.15) is 0 Å². The molecule has 2 N–H and O–H groups in total. The smallest absolute Gasteiger partial charge is 0.286 e. The molecular formula is C15H14N4O5S2. The predicted molar refractivity (Wildman–Crippen MR) is 96.6 cm³/mol. The number of methoxy groups -OCH3 is 2. The lowest BCUT2D eigenvalue weighted by molar-refractivity contribution is -0.122. The van der Waals surface area contributed by atoms with Crippen LogP contribution in [0.15, 0.2) is 18.2 Å². The zero-order valence-electron chi connectivity index (χ0n) is 13.8. The fraction of sp³-hybridized carbons (Fsp3) is 0.267. The Hall–Kier alpha value is -2.66. The van der Waals surface area contributed by atoms with Gasteiger partial charge in [0.15, 0.2) is 11.5 Å². The molecule has 2 heterocycles. The molecule has 1 aliphatic rings. The fourth-order valence-corrected chi connectivity index (χ4v) is 3.80. The molecule has 1 unspecified atom stereocenters. The van der Waals surface area contributed by atoms with Gasteiger partial charge in [0.25, 0.3) is 5.24 Å². The van der Waals surface area contributed by atoms with Crippen LogP contribution in [0.2, 0.25) is 0 Å². The van der Waals surface area contributed by atoms with Crippen molar-refractivity contribution in [3.8, 4) is 22.1 Å². The van der Waals surface area contributed by atoms with E-state index in [0.29, 0.717) is 21.6 Å². The normalized spacial score (nSPS) is 16.3. The van der Waals surface area contributed by atoms with Crippen molar-refractivity contribution in [2.45, 2.75) is 11.7 Å². The summed E-state index contributed by atoms with van der Waals surface area (Å²) in [6, 6.07) is 5.31. The van der Waals surface area contributed by atoms with Gasteiger partial charge in [-0.25, -0.2) is 0 Å². The molecule has 0 saturated carbocycles. The van der Waals surface area contributed by atoms with E-state index < -0.39 is 22.3 Å². The third-order valence-corrected chi connectivity index (χ3v) is 5.31. The Labute approximate surface area is 156 Å². The monoisotopic (exact) mass is 394 g/mol. The number of thioether (sulfide) groups is 1. The van der Waals surface area contributed by atoms with Crippen LogP contribution in [0.25, 0.3) is 10.6 Å². The van der Waals surface area contributed by atoms with E-state index in [1.165, 1.54) is 18.4 Å². The van der Waals surface area contributed by atoms with E-state index in [-0.39, 0.29) is 6.42 Å². The van der Waals surface area contributed by atoms with Gasteiger partial charge < -0.3 is 14.8 Å². The van der Waals surface area contributed by atoms with Crippen LogP contribution in [0.1, 0.15) is 6.42 Å². The van der Waals surface area contributed by atoms with Crippen molar-refractivity contribution in [1.29, 1.82) is 0 Å². The molecule has 1 saturated heterocycles. The van der Waals surface area contributed by atoms with Crippen LogP contribution >= 0.6 is 23.1 Å². The second-order valence-corrected chi connectivity index (χ2v) is 7.27. The molecule has 11 heteroatoms. The number of hydrogen-bond donors (Lipinski definition) is 2. The Kier molecular flexibility index (Phi) is 5.38. The molecule has 3 amide bonds. The summed E-state index contributed by atoms with van der Waals surface area (Å²) in [5.41, 5.74) is 0.761. The predicted octanol–water partition coefficient (Wildman–Crippen LogP) is 1.90. The number of ether oxygens (including phenoxy) is 2. The lowest BCUT2D eigenvalue weighted by Crippen LogP contribution is -2.27. The molecule has 0 aliphatic carbocycles. The summed E-state index contributed by atoms with van der Waals surface area (Å²) in [7, 11) is 3.09. The Bertz CT molecular complexity index is 869. The van der Waals surface area contributed by atoms with Crippen molar-refractivity contribution in [2.24, 2.45) is 0 Å². The third kappa shape index (κ3) is 3.94. The summed E-state index contributed by atoms with van der Waals surface area (Å²) in [5, 5.41) is 12.4. The third-order valence-electron chi connectivity index (χ3n) is 3.44. The number of benzene rings is 1. The van der Waals surface area contributed by atoms with Crippen molar-refractivity contribution in [3.05, 3.63) is 18.2 Å². The first-order chi connectivity index (χ1) is 12.5. The van der Waals surface area contributed by atoms with Gasteiger partial charge in [-0.1, -0.05) is 23.1 Å². The Morgan fingerprint density at radius 3 is 2.65 bits per heavy atom. The standard InChI is InChI=1S/C15H14N4O5S2/c1-23-8-4-3-7(5-9(8)24-2)13-18-19-14(26-13)16-11(20)6-10-12(21)17-15(22)25-10/h3-5,10H,6H2,1-2H3,(H,16,19,20)(H,17,21,22). The molecule has 1 fully saturated rings. The molecule has 1 aromatic carbocycles. The van der Waals surface area contributed by atoms with Gasteiger partial charge in [0, 0.05) is 12.0 Å². The first-order valence-corrected chi connectivity index (χ1v) is 9.07. The second kappa shape index (κ2) is 7.70. The van der Waals surface area contributed by atoms with Crippen LogP contribution in [0.5, 0.6) is 11.5 Å². The van der Waals surface area contributed by atoms with Crippen molar-refractivity contribution >= 4 is 45.3 Å². The largest absolute Gasteiger partial charge is 0.493 e. The first kappa shape index (κ1) is 18.1. The molecule has 1 atom stereocenters. The molecule has 26 heavy (non-hydrogen) atoms. The number of anilines is 1. The maximum absolute atomic E-state index is 12.0. The summed E-state index contributed by atoms with van der Waals surface area (Å²) < 4.78 is 10.4. The highest BCUT2D eigenvalue weighted by atomic mass is 32.2. The zero-order valence-corrected chi connectivity index (χ0v) is 15.4. The van der Waals surface area contributed by atoms with Gasteiger partial charge in [-0.15, -0.1) is 10.2 Å². The molecule has 136 valence electrons. The second-order valence-electron chi connectivity index (χ2n) is 5.12. The highest BCUT2D eigenvalue weighted by Gasteiger charge is 2.33. The first-order valence-electron chi connectivity index (χ1n) is 7.37. The summed E-state index contributed by atoms with van der Waals surface area (Å²) in [6.45, 7) is 0. The van der Waals surface area contributed by atoms with Gasteiger partial charge >= 0.3 is 0 Å². The van der Waals surface area contributed by atoms with Crippen molar-refractivity contribution in [2.75, 3.05) is 19.5 Å². The van der Waals surface area contributed by atoms with Crippen LogP contribution < -0.4 is 20.1 Å². The number of nitrogens with one attached hydrogen (secondary N) is 2. The highest BCUT2D eigenvalue weighted by Crippen LogP contribution is 2.34. The summed E-state index contributed by atoms with van der Waals surface area (Å²) >= 11 is 1.98. The molecule has 3 rings (SSSR count). The molecule has 2 aromatic rings. The minimum Gasteiger partial charge on any atom is -0.493 e. The molecule has 1 aliphatic heterocycles. The number of carbonyl (C=O) groups is 3. The van der Waals surface area contributed by atoms with Gasteiger partial charge in [0.1, 0.15) is 10.3 Å². The number of hydrogen-bond acceptors (Lipinski definition) is 9. The molecule has 0 spiro atoms. The van der Waals surface area contributed by atoms with Gasteiger partial charge in [0.05, 0.1) is 14.2 Å². The van der Waals surface area contributed by atoms with E-state index in [1.54, 1.807) is 25.3 Å². The number of amides is 3. The summed E-state index contributed by atoms with van der Waals surface area (Å²) in [4.78, 5) is 34.7. The van der Waals surface area contributed by atoms with Crippen LogP contribution in [-0.2, 0) is 9.59 Å². The highest BCUT2D eigenvalue weighted by molar-refractivity contribution is 8.15. The molecule has 1 aromatic heterocycles. The zero-order chi connectivity index (χ0) is 18.7. The van der Waals surface area contributed by atoms with E-state index >= 15 is 0 Å². The van der Waals surface area contributed by atoms with E-state index in [4.69, 9.17) is 9.47 Å². The van der Waals surface area contributed by atoms with E-state index in [2.05, 4.69) is 20.8 Å². The van der Waals surface area contributed by atoms with Crippen LogP contribution in [-0.4, -0.2) is 46.7 Å². The lowest BCUT2D eigenvalue weighted by Gasteiger charge is -2.07. The van der Waals surface area contributed by atoms with E-state index in [0.717, 1.165) is 17.3 Å². The number of rotatable bonds is 6. The summed E-state index contributed by atoms with van der Waals surface area (Å²) in [6.07, 6.45) is -0.118. The number of imide groups is 1. The number of aromatic nitrogens is 2. The average molecular weight is 394 g/mol. The molecule has 0 bridgehead atoms. The van der Waals surface area contributed by atoms with Crippen molar-refractivity contribution in [1.82, 2.24) is 15.5 Å². The molecule has 0 radical (unpaired) electrons. The minimum absolute atomic E-state index is 0.118. The Morgan fingerprint density at radius 2 is 2.00 bits per heavy atom. The maximum atomic E-state index is 12.0.